The number of carbonyl (C=O) groups excluding carboxylic acids is 1. The van der Waals surface area contributed by atoms with Crippen molar-refractivity contribution < 1.29 is 14.3 Å². The van der Waals surface area contributed by atoms with Gasteiger partial charge in [-0.25, -0.2) is 0 Å². The summed E-state index contributed by atoms with van der Waals surface area (Å²) in [6.45, 7) is 6.59. The number of rotatable bonds is 10. The van der Waals surface area contributed by atoms with Crippen LogP contribution >= 0.6 is 23.4 Å². The number of aryl methyl sites for hydroxylation is 1. The van der Waals surface area contributed by atoms with Gasteiger partial charge in [0.15, 0.2) is 11.0 Å². The van der Waals surface area contributed by atoms with Gasteiger partial charge in [0.1, 0.15) is 18.1 Å². The number of methoxy groups -OCH3 is 1. The van der Waals surface area contributed by atoms with Crippen molar-refractivity contribution in [3.8, 4) is 11.5 Å². The average Bonchev–Trinajstić information content (AvgIpc) is 3.14. The summed E-state index contributed by atoms with van der Waals surface area (Å²) < 4.78 is 12.8. The second-order valence-electron chi connectivity index (χ2n) is 6.59. The van der Waals surface area contributed by atoms with Gasteiger partial charge in [-0.15, -0.1) is 16.8 Å². The van der Waals surface area contributed by atoms with Crippen molar-refractivity contribution in [3.63, 3.8) is 0 Å². The monoisotopic (exact) mass is 458 g/mol. The van der Waals surface area contributed by atoms with Gasteiger partial charge in [0, 0.05) is 12.2 Å². The molecule has 0 spiro atoms. The van der Waals surface area contributed by atoms with E-state index in [9.17, 15) is 4.79 Å². The maximum Gasteiger partial charge on any atom is 0.234 e. The summed E-state index contributed by atoms with van der Waals surface area (Å²) in [6.07, 6.45) is 1.75. The zero-order valence-corrected chi connectivity index (χ0v) is 18.9. The first-order chi connectivity index (χ1) is 15.0. The number of anilines is 1. The quantitative estimate of drug-likeness (QED) is 0.349. The summed E-state index contributed by atoms with van der Waals surface area (Å²) in [5.41, 5.74) is 1.76. The number of hydrogen-bond donors (Lipinski definition) is 1. The van der Waals surface area contributed by atoms with Gasteiger partial charge in [0.25, 0.3) is 0 Å². The number of amides is 1. The third-order valence-electron chi connectivity index (χ3n) is 4.26. The lowest BCUT2D eigenvalue weighted by Gasteiger charge is -2.10. The zero-order chi connectivity index (χ0) is 22.2. The van der Waals surface area contributed by atoms with Crippen LogP contribution in [0.25, 0.3) is 0 Å². The fourth-order valence-electron chi connectivity index (χ4n) is 2.70. The van der Waals surface area contributed by atoms with Crippen molar-refractivity contribution in [1.29, 1.82) is 0 Å². The first kappa shape index (κ1) is 22.7. The smallest absolute Gasteiger partial charge is 0.234 e. The van der Waals surface area contributed by atoms with Crippen molar-refractivity contribution in [2.45, 2.75) is 25.2 Å². The van der Waals surface area contributed by atoms with Crippen LogP contribution in [0.3, 0.4) is 0 Å². The van der Waals surface area contributed by atoms with Gasteiger partial charge in [-0.05, 0) is 37.3 Å². The number of nitrogens with one attached hydrogen (secondary N) is 1. The number of hydrogen-bond acceptors (Lipinski definition) is 6. The van der Waals surface area contributed by atoms with Crippen LogP contribution in [0.2, 0.25) is 5.02 Å². The number of thioether (sulfide) groups is 1. The molecule has 0 saturated heterocycles. The molecule has 3 aromatic rings. The van der Waals surface area contributed by atoms with Crippen LogP contribution in [0.1, 0.15) is 11.4 Å². The molecular weight excluding hydrogens is 436 g/mol. The Morgan fingerprint density at radius 1 is 1.26 bits per heavy atom. The molecule has 0 atom stereocenters. The first-order valence-electron chi connectivity index (χ1n) is 9.48. The predicted molar refractivity (Wildman–Crippen MR) is 123 cm³/mol. The number of halogens is 1. The summed E-state index contributed by atoms with van der Waals surface area (Å²) in [4.78, 5) is 12.4. The Hall–Kier alpha value is -2.97. The minimum absolute atomic E-state index is 0.164. The molecule has 0 saturated carbocycles. The van der Waals surface area contributed by atoms with Gasteiger partial charge in [0.2, 0.25) is 5.91 Å². The molecule has 162 valence electrons. The summed E-state index contributed by atoms with van der Waals surface area (Å²) in [5, 5.41) is 12.3. The minimum atomic E-state index is -0.183. The molecule has 0 unspecified atom stereocenters. The van der Waals surface area contributed by atoms with Crippen LogP contribution in [0.5, 0.6) is 11.5 Å². The van der Waals surface area contributed by atoms with E-state index in [1.54, 1.807) is 24.3 Å². The molecule has 3 rings (SSSR count). The first-order valence-corrected chi connectivity index (χ1v) is 10.8. The Bertz CT molecular complexity index is 1050. The second kappa shape index (κ2) is 10.9. The van der Waals surface area contributed by atoms with E-state index < -0.39 is 0 Å². The third kappa shape index (κ3) is 6.26. The van der Waals surface area contributed by atoms with Crippen molar-refractivity contribution in [2.75, 3.05) is 18.2 Å². The van der Waals surface area contributed by atoms with Crippen LogP contribution in [0, 0.1) is 6.92 Å². The van der Waals surface area contributed by atoms with E-state index in [0.29, 0.717) is 34.0 Å². The molecule has 0 fully saturated rings. The van der Waals surface area contributed by atoms with E-state index in [1.807, 2.05) is 35.8 Å². The molecular formula is C22H23ClN4O3S. The van der Waals surface area contributed by atoms with Gasteiger partial charge in [-0.2, -0.15) is 0 Å². The molecule has 0 aliphatic carbocycles. The highest BCUT2D eigenvalue weighted by atomic mass is 35.5. The number of carbonyl (C=O) groups is 1. The number of aromatic nitrogens is 3. The van der Waals surface area contributed by atoms with E-state index in [2.05, 4.69) is 22.1 Å². The second-order valence-corrected chi connectivity index (χ2v) is 7.94. The number of benzene rings is 2. The lowest BCUT2D eigenvalue weighted by Crippen LogP contribution is -2.15. The molecule has 0 aliphatic heterocycles. The molecule has 1 N–H and O–H groups in total. The van der Waals surface area contributed by atoms with Crippen LogP contribution in [0.4, 0.5) is 5.69 Å². The molecule has 2 aromatic carbocycles. The SMILES string of the molecule is C=CCn1c(COc2ccc(C)cc2)nnc1SCC(=O)Nc1ccc(OC)c(Cl)c1. The van der Waals surface area contributed by atoms with E-state index in [4.69, 9.17) is 21.1 Å². The topological polar surface area (TPSA) is 78.3 Å². The van der Waals surface area contributed by atoms with E-state index in [0.717, 1.165) is 11.3 Å². The maximum absolute atomic E-state index is 12.4. The van der Waals surface area contributed by atoms with Crippen molar-refractivity contribution >= 4 is 35.0 Å². The van der Waals surface area contributed by atoms with Gasteiger partial charge in [0.05, 0.1) is 17.9 Å². The van der Waals surface area contributed by atoms with E-state index in [1.165, 1.54) is 18.9 Å². The van der Waals surface area contributed by atoms with E-state index >= 15 is 0 Å². The average molecular weight is 459 g/mol. The third-order valence-corrected chi connectivity index (χ3v) is 5.52. The van der Waals surface area contributed by atoms with Crippen molar-refractivity contribution in [2.24, 2.45) is 0 Å². The Morgan fingerprint density at radius 3 is 2.71 bits per heavy atom. The maximum atomic E-state index is 12.4. The Labute approximate surface area is 190 Å². The minimum Gasteiger partial charge on any atom is -0.495 e. The van der Waals surface area contributed by atoms with Gasteiger partial charge in [-0.1, -0.05) is 47.1 Å². The standard InChI is InChI=1S/C22H23ClN4O3S/c1-4-11-27-20(13-30-17-8-5-15(2)6-9-17)25-26-22(27)31-14-21(28)24-16-7-10-19(29-3)18(23)12-16/h4-10,12H,1,11,13-14H2,2-3H3,(H,24,28). The highest BCUT2D eigenvalue weighted by Gasteiger charge is 2.14. The summed E-state index contributed by atoms with van der Waals surface area (Å²) in [6, 6.07) is 12.9. The number of ether oxygens (including phenoxy) is 2. The Morgan fingerprint density at radius 2 is 2.03 bits per heavy atom. The lowest BCUT2D eigenvalue weighted by atomic mass is 10.2. The van der Waals surface area contributed by atoms with Gasteiger partial charge in [-0.3, -0.25) is 9.36 Å². The molecule has 0 radical (unpaired) electrons. The fraction of sp³-hybridized carbons (Fsp3) is 0.227. The Balaban J connectivity index is 1.60. The van der Waals surface area contributed by atoms with E-state index in [-0.39, 0.29) is 18.3 Å². The zero-order valence-electron chi connectivity index (χ0n) is 17.3. The molecule has 1 amide bonds. The number of nitrogens with zero attached hydrogens (tertiary/aromatic N) is 3. The molecule has 1 aromatic heterocycles. The number of allylic oxidation sites excluding steroid dienone is 1. The Kier molecular flexibility index (Phi) is 7.97. The van der Waals surface area contributed by atoms with Crippen molar-refractivity contribution in [1.82, 2.24) is 14.8 Å². The molecule has 7 nitrogen and oxygen atoms in total. The molecule has 0 bridgehead atoms. The normalized spacial score (nSPS) is 10.5. The molecule has 31 heavy (non-hydrogen) atoms. The largest absolute Gasteiger partial charge is 0.495 e. The summed E-state index contributed by atoms with van der Waals surface area (Å²) in [7, 11) is 1.54. The van der Waals surface area contributed by atoms with Gasteiger partial charge >= 0.3 is 0 Å². The van der Waals surface area contributed by atoms with Crippen molar-refractivity contribution in [3.05, 3.63) is 71.5 Å². The fourth-order valence-corrected chi connectivity index (χ4v) is 3.72. The lowest BCUT2D eigenvalue weighted by molar-refractivity contribution is -0.113. The van der Waals surface area contributed by atoms with Crippen LogP contribution in [-0.4, -0.2) is 33.5 Å². The molecule has 1 heterocycles. The highest BCUT2D eigenvalue weighted by Crippen LogP contribution is 2.27. The summed E-state index contributed by atoms with van der Waals surface area (Å²) >= 11 is 7.39. The van der Waals surface area contributed by atoms with Crippen LogP contribution < -0.4 is 14.8 Å². The van der Waals surface area contributed by atoms with Gasteiger partial charge < -0.3 is 14.8 Å². The highest BCUT2D eigenvalue weighted by molar-refractivity contribution is 7.99. The predicted octanol–water partition coefficient (Wildman–Crippen LogP) is 4.74. The molecule has 9 heteroatoms. The summed E-state index contributed by atoms with van der Waals surface area (Å²) in [5.74, 6) is 1.94. The van der Waals surface area contributed by atoms with Crippen LogP contribution in [0.15, 0.2) is 60.3 Å². The van der Waals surface area contributed by atoms with Crippen LogP contribution in [-0.2, 0) is 17.9 Å². The molecule has 0 aliphatic rings.